The molecule has 3 nitrogen and oxygen atoms in total. The summed E-state index contributed by atoms with van der Waals surface area (Å²) in [6.45, 7) is 3.05. The molecule has 88 valence electrons. The molecule has 0 amide bonds. The first-order chi connectivity index (χ1) is 7.66. The number of aliphatic carboxylic acids is 1. The Morgan fingerprint density at radius 1 is 1.69 bits per heavy atom. The second-order valence-corrected chi connectivity index (χ2v) is 5.41. The van der Waals surface area contributed by atoms with Gasteiger partial charge in [0.25, 0.3) is 0 Å². The van der Waals surface area contributed by atoms with Crippen LogP contribution in [0.5, 0.6) is 0 Å². The number of thiophene rings is 1. The minimum atomic E-state index is -0.673. The SMILES string of the molecule is Cc1ccsc1C1CC(CC(=O)O)CCN1. The summed E-state index contributed by atoms with van der Waals surface area (Å²) in [5, 5.41) is 14.4. The number of aryl methyl sites for hydroxylation is 1. The van der Waals surface area contributed by atoms with Gasteiger partial charge in [0.1, 0.15) is 0 Å². The van der Waals surface area contributed by atoms with E-state index in [1.165, 1.54) is 10.4 Å². The molecule has 2 N–H and O–H groups in total. The molecule has 1 aromatic rings. The topological polar surface area (TPSA) is 49.3 Å². The summed E-state index contributed by atoms with van der Waals surface area (Å²) in [6, 6.07) is 2.49. The Hall–Kier alpha value is -0.870. The molecule has 16 heavy (non-hydrogen) atoms. The summed E-state index contributed by atoms with van der Waals surface area (Å²) in [7, 11) is 0. The minimum Gasteiger partial charge on any atom is -0.481 e. The van der Waals surface area contributed by atoms with Gasteiger partial charge in [-0.05, 0) is 49.2 Å². The van der Waals surface area contributed by atoms with Crippen LogP contribution in [0, 0.1) is 12.8 Å². The van der Waals surface area contributed by atoms with E-state index in [2.05, 4.69) is 23.7 Å². The third-order valence-electron chi connectivity index (χ3n) is 3.19. The van der Waals surface area contributed by atoms with Crippen molar-refractivity contribution in [3.05, 3.63) is 21.9 Å². The minimum absolute atomic E-state index is 0.308. The third kappa shape index (κ3) is 2.62. The van der Waals surface area contributed by atoms with E-state index < -0.39 is 5.97 Å². The van der Waals surface area contributed by atoms with Crippen molar-refractivity contribution in [2.45, 2.75) is 32.2 Å². The highest BCUT2D eigenvalue weighted by Crippen LogP contribution is 2.33. The predicted octanol–water partition coefficient (Wildman–Crippen LogP) is 2.57. The third-order valence-corrected chi connectivity index (χ3v) is 4.33. The maximum absolute atomic E-state index is 10.7. The van der Waals surface area contributed by atoms with Gasteiger partial charge in [0.15, 0.2) is 0 Å². The second kappa shape index (κ2) is 4.97. The van der Waals surface area contributed by atoms with E-state index in [1.807, 2.05) is 0 Å². The molecule has 1 aromatic heterocycles. The van der Waals surface area contributed by atoms with Crippen LogP contribution in [0.15, 0.2) is 11.4 Å². The van der Waals surface area contributed by atoms with Crippen LogP contribution in [0.1, 0.15) is 35.7 Å². The zero-order valence-electron chi connectivity index (χ0n) is 9.40. The summed E-state index contributed by atoms with van der Waals surface area (Å²) < 4.78 is 0. The van der Waals surface area contributed by atoms with Crippen LogP contribution in [0.4, 0.5) is 0 Å². The van der Waals surface area contributed by atoms with E-state index in [-0.39, 0.29) is 0 Å². The van der Waals surface area contributed by atoms with Crippen molar-refractivity contribution in [1.29, 1.82) is 0 Å². The van der Waals surface area contributed by atoms with Crippen molar-refractivity contribution in [3.8, 4) is 0 Å². The fourth-order valence-corrected chi connectivity index (χ4v) is 3.39. The van der Waals surface area contributed by atoms with E-state index in [9.17, 15) is 4.79 Å². The molecule has 1 saturated heterocycles. The molecule has 4 heteroatoms. The van der Waals surface area contributed by atoms with Gasteiger partial charge in [0.2, 0.25) is 0 Å². The summed E-state index contributed by atoms with van der Waals surface area (Å²) >= 11 is 1.77. The van der Waals surface area contributed by atoms with Crippen molar-refractivity contribution in [1.82, 2.24) is 5.32 Å². The smallest absolute Gasteiger partial charge is 0.303 e. The van der Waals surface area contributed by atoms with Gasteiger partial charge in [-0.15, -0.1) is 11.3 Å². The quantitative estimate of drug-likeness (QED) is 0.852. The average molecular weight is 239 g/mol. The largest absolute Gasteiger partial charge is 0.481 e. The predicted molar refractivity (Wildman–Crippen MR) is 64.8 cm³/mol. The van der Waals surface area contributed by atoms with Gasteiger partial charge in [0, 0.05) is 17.3 Å². The Balaban J connectivity index is 2.02. The summed E-state index contributed by atoms with van der Waals surface area (Å²) in [5.74, 6) is -0.348. The molecule has 2 unspecified atom stereocenters. The summed E-state index contributed by atoms with van der Waals surface area (Å²) in [5.41, 5.74) is 1.32. The molecule has 1 aliphatic heterocycles. The number of piperidine rings is 1. The van der Waals surface area contributed by atoms with Crippen LogP contribution in [-0.2, 0) is 4.79 Å². The standard InChI is InChI=1S/C12H17NO2S/c1-8-3-5-16-12(8)10-6-9(2-4-13-10)7-11(14)15/h3,5,9-10,13H,2,4,6-7H2,1H3,(H,14,15). The monoisotopic (exact) mass is 239 g/mol. The molecule has 2 atom stereocenters. The van der Waals surface area contributed by atoms with E-state index in [1.54, 1.807) is 11.3 Å². The first-order valence-electron chi connectivity index (χ1n) is 5.66. The maximum atomic E-state index is 10.7. The fourth-order valence-electron chi connectivity index (χ4n) is 2.37. The van der Waals surface area contributed by atoms with E-state index >= 15 is 0 Å². The molecule has 0 saturated carbocycles. The highest BCUT2D eigenvalue weighted by molar-refractivity contribution is 7.10. The van der Waals surface area contributed by atoms with Gasteiger partial charge in [-0.3, -0.25) is 4.79 Å². The lowest BCUT2D eigenvalue weighted by Crippen LogP contribution is -2.32. The molecule has 0 spiro atoms. The van der Waals surface area contributed by atoms with E-state index in [0.29, 0.717) is 18.4 Å². The van der Waals surface area contributed by atoms with E-state index in [4.69, 9.17) is 5.11 Å². The molecular weight excluding hydrogens is 222 g/mol. The number of nitrogens with one attached hydrogen (secondary N) is 1. The highest BCUT2D eigenvalue weighted by Gasteiger charge is 2.25. The van der Waals surface area contributed by atoms with Gasteiger partial charge in [-0.25, -0.2) is 0 Å². The number of hydrogen-bond donors (Lipinski definition) is 2. The molecule has 0 bridgehead atoms. The molecule has 0 aromatic carbocycles. The molecule has 1 fully saturated rings. The normalized spacial score (nSPS) is 25.6. The molecule has 0 radical (unpaired) electrons. The Kier molecular flexibility index (Phi) is 3.61. The van der Waals surface area contributed by atoms with Crippen LogP contribution >= 0.6 is 11.3 Å². The Morgan fingerprint density at radius 3 is 3.12 bits per heavy atom. The van der Waals surface area contributed by atoms with Crippen molar-refractivity contribution in [2.24, 2.45) is 5.92 Å². The van der Waals surface area contributed by atoms with Crippen molar-refractivity contribution >= 4 is 17.3 Å². The number of hydrogen-bond acceptors (Lipinski definition) is 3. The van der Waals surface area contributed by atoms with Crippen LogP contribution < -0.4 is 5.32 Å². The van der Waals surface area contributed by atoms with Gasteiger partial charge >= 0.3 is 5.97 Å². The summed E-state index contributed by atoms with van der Waals surface area (Å²) in [4.78, 5) is 12.1. The van der Waals surface area contributed by atoms with Crippen LogP contribution in [-0.4, -0.2) is 17.6 Å². The summed E-state index contributed by atoms with van der Waals surface area (Å²) in [6.07, 6.45) is 2.24. The fraction of sp³-hybridized carbons (Fsp3) is 0.583. The number of carboxylic acid groups (broad SMARTS) is 1. The van der Waals surface area contributed by atoms with Gasteiger partial charge in [-0.1, -0.05) is 0 Å². The first kappa shape index (κ1) is 11.6. The lowest BCUT2D eigenvalue weighted by molar-refractivity contribution is -0.138. The first-order valence-corrected chi connectivity index (χ1v) is 6.54. The Labute approximate surface area is 99.5 Å². The van der Waals surface area contributed by atoms with Crippen LogP contribution in [0.3, 0.4) is 0 Å². The molecule has 0 aliphatic carbocycles. The van der Waals surface area contributed by atoms with Crippen molar-refractivity contribution in [3.63, 3.8) is 0 Å². The zero-order chi connectivity index (χ0) is 11.5. The van der Waals surface area contributed by atoms with Crippen molar-refractivity contribution < 1.29 is 9.90 Å². The van der Waals surface area contributed by atoms with Gasteiger partial charge < -0.3 is 10.4 Å². The Morgan fingerprint density at radius 2 is 2.50 bits per heavy atom. The zero-order valence-corrected chi connectivity index (χ0v) is 10.2. The van der Waals surface area contributed by atoms with Crippen LogP contribution in [0.2, 0.25) is 0 Å². The van der Waals surface area contributed by atoms with Gasteiger partial charge in [-0.2, -0.15) is 0 Å². The Bertz CT molecular complexity index is 375. The number of carboxylic acids is 1. The molecule has 1 aliphatic rings. The molecule has 2 rings (SSSR count). The highest BCUT2D eigenvalue weighted by atomic mass is 32.1. The van der Waals surface area contributed by atoms with E-state index in [0.717, 1.165) is 19.4 Å². The molecular formula is C12H17NO2S. The van der Waals surface area contributed by atoms with Crippen LogP contribution in [0.25, 0.3) is 0 Å². The lowest BCUT2D eigenvalue weighted by Gasteiger charge is -2.29. The lowest BCUT2D eigenvalue weighted by atomic mass is 9.88. The second-order valence-electron chi connectivity index (χ2n) is 4.46. The maximum Gasteiger partial charge on any atom is 0.303 e. The molecule has 2 heterocycles. The average Bonchev–Trinajstić information content (AvgIpc) is 2.64. The van der Waals surface area contributed by atoms with Gasteiger partial charge in [0.05, 0.1) is 0 Å². The van der Waals surface area contributed by atoms with Crippen molar-refractivity contribution in [2.75, 3.05) is 6.54 Å². The number of carbonyl (C=O) groups is 1. The number of rotatable bonds is 3.